The van der Waals surface area contributed by atoms with Gasteiger partial charge in [-0.05, 0) is 50.9 Å². The van der Waals surface area contributed by atoms with Gasteiger partial charge in [0.25, 0.3) is 0 Å². The Morgan fingerprint density at radius 1 is 1.19 bits per heavy atom. The molecule has 0 radical (unpaired) electrons. The number of nitrogens with one attached hydrogen (secondary N) is 1. The zero-order valence-electron chi connectivity index (χ0n) is 11.1. The zero-order valence-corrected chi connectivity index (χ0v) is 11.1. The first kappa shape index (κ1) is 13.0. The molecule has 0 aliphatic heterocycles. The first-order valence-corrected chi connectivity index (χ1v) is 6.00. The lowest BCUT2D eigenvalue weighted by atomic mass is 9.97. The predicted molar refractivity (Wildman–Crippen MR) is 72.8 cm³/mol. The van der Waals surface area contributed by atoms with Gasteiger partial charge in [0.15, 0.2) is 0 Å². The molecule has 0 aliphatic carbocycles. The third-order valence-electron chi connectivity index (χ3n) is 2.94. The Hall–Kier alpha value is -1.08. The normalized spacial score (nSPS) is 11.9. The van der Waals surface area contributed by atoms with E-state index < -0.39 is 0 Å². The quantitative estimate of drug-likeness (QED) is 0.812. The summed E-state index contributed by atoms with van der Waals surface area (Å²) in [7, 11) is 2.00. The molecule has 0 aliphatic rings. The van der Waals surface area contributed by atoms with Crippen LogP contribution in [0.4, 0.5) is 0 Å². The number of hydrogen-bond acceptors (Lipinski definition) is 1. The van der Waals surface area contributed by atoms with Crippen LogP contribution in [0.25, 0.3) is 6.08 Å². The molecule has 0 saturated carbocycles. The molecule has 0 heterocycles. The van der Waals surface area contributed by atoms with Gasteiger partial charge < -0.3 is 5.32 Å². The zero-order chi connectivity index (χ0) is 12.1. The van der Waals surface area contributed by atoms with Gasteiger partial charge >= 0.3 is 0 Å². The van der Waals surface area contributed by atoms with Gasteiger partial charge in [0.1, 0.15) is 0 Å². The van der Waals surface area contributed by atoms with Crippen LogP contribution in [0.2, 0.25) is 0 Å². The summed E-state index contributed by atoms with van der Waals surface area (Å²) in [6.45, 7) is 9.73. The molecule has 0 amide bonds. The highest BCUT2D eigenvalue weighted by Crippen LogP contribution is 2.20. The Kier molecular flexibility index (Phi) is 4.75. The monoisotopic (exact) mass is 217 g/mol. The Labute approximate surface area is 99.6 Å². The van der Waals surface area contributed by atoms with E-state index >= 15 is 0 Å². The minimum absolute atomic E-state index is 0.975. The van der Waals surface area contributed by atoms with E-state index in [2.05, 4.69) is 51.2 Å². The van der Waals surface area contributed by atoms with Gasteiger partial charge in [-0.1, -0.05) is 36.3 Å². The lowest BCUT2D eigenvalue weighted by molar-refractivity contribution is 0.850. The first-order chi connectivity index (χ1) is 7.58. The minimum atomic E-state index is 0.975. The van der Waals surface area contributed by atoms with E-state index in [1.54, 1.807) is 0 Å². The second-order valence-corrected chi connectivity index (χ2v) is 4.50. The summed E-state index contributed by atoms with van der Waals surface area (Å²) in [5, 5.41) is 3.22. The fraction of sp³-hybridized carbons (Fsp3) is 0.467. The molecule has 0 bridgehead atoms. The van der Waals surface area contributed by atoms with Crippen molar-refractivity contribution in [3.63, 3.8) is 0 Å². The van der Waals surface area contributed by atoms with Crippen molar-refractivity contribution < 1.29 is 0 Å². The smallest absolute Gasteiger partial charge is 0.0164 e. The molecule has 1 nitrogen and oxygen atoms in total. The van der Waals surface area contributed by atoms with Crippen LogP contribution in [-0.4, -0.2) is 13.6 Å². The van der Waals surface area contributed by atoms with Gasteiger partial charge in [0, 0.05) is 6.54 Å². The lowest BCUT2D eigenvalue weighted by Gasteiger charge is -2.10. The van der Waals surface area contributed by atoms with Gasteiger partial charge in [-0.15, -0.1) is 0 Å². The van der Waals surface area contributed by atoms with Crippen molar-refractivity contribution in [2.75, 3.05) is 13.6 Å². The van der Waals surface area contributed by atoms with Gasteiger partial charge in [-0.2, -0.15) is 0 Å². The van der Waals surface area contributed by atoms with Crippen molar-refractivity contribution in [3.8, 4) is 0 Å². The third-order valence-corrected chi connectivity index (χ3v) is 2.94. The predicted octanol–water partition coefficient (Wildman–Crippen LogP) is 3.62. The van der Waals surface area contributed by atoms with Crippen LogP contribution in [0.15, 0.2) is 17.7 Å². The van der Waals surface area contributed by atoms with Crippen molar-refractivity contribution in [1.82, 2.24) is 5.32 Å². The molecule has 1 aromatic rings. The molecule has 0 aromatic heterocycles. The van der Waals surface area contributed by atoms with Crippen molar-refractivity contribution in [1.29, 1.82) is 0 Å². The summed E-state index contributed by atoms with van der Waals surface area (Å²) in [5.74, 6) is 0. The highest BCUT2D eigenvalue weighted by molar-refractivity contribution is 5.61. The van der Waals surface area contributed by atoms with Gasteiger partial charge in [0.05, 0.1) is 0 Å². The van der Waals surface area contributed by atoms with Crippen molar-refractivity contribution in [3.05, 3.63) is 40.0 Å². The summed E-state index contributed by atoms with van der Waals surface area (Å²) in [5.41, 5.74) is 6.94. The Bertz CT molecular complexity index is 365. The van der Waals surface area contributed by atoms with Crippen LogP contribution in [0.5, 0.6) is 0 Å². The maximum Gasteiger partial charge on any atom is 0.0164 e. The molecular formula is C15H23N. The number of aryl methyl sites for hydroxylation is 3. The number of rotatable bonds is 4. The van der Waals surface area contributed by atoms with Crippen LogP contribution in [-0.2, 0) is 0 Å². The van der Waals surface area contributed by atoms with E-state index in [0.717, 1.165) is 13.0 Å². The van der Waals surface area contributed by atoms with Crippen LogP contribution < -0.4 is 5.32 Å². The van der Waals surface area contributed by atoms with E-state index in [1.165, 1.54) is 27.8 Å². The van der Waals surface area contributed by atoms with Crippen molar-refractivity contribution in [2.24, 2.45) is 0 Å². The van der Waals surface area contributed by atoms with Gasteiger partial charge in [0.2, 0.25) is 0 Å². The van der Waals surface area contributed by atoms with Crippen molar-refractivity contribution >= 4 is 6.08 Å². The standard InChI is InChI=1S/C15H23N/c1-6-14(10-16-5)9-15-12(3)7-11(2)8-13(15)4/h7-9,16H,6,10H2,1-5H3. The summed E-state index contributed by atoms with van der Waals surface area (Å²) in [6.07, 6.45) is 3.44. The van der Waals surface area contributed by atoms with E-state index in [0.29, 0.717) is 0 Å². The Morgan fingerprint density at radius 2 is 1.75 bits per heavy atom. The Morgan fingerprint density at radius 3 is 2.19 bits per heavy atom. The van der Waals surface area contributed by atoms with E-state index in [-0.39, 0.29) is 0 Å². The number of likely N-dealkylation sites (N-methyl/N-ethyl adjacent to an activating group) is 1. The van der Waals surface area contributed by atoms with Crippen LogP contribution >= 0.6 is 0 Å². The molecule has 1 aromatic carbocycles. The summed E-state index contributed by atoms with van der Waals surface area (Å²) in [6, 6.07) is 4.51. The fourth-order valence-electron chi connectivity index (χ4n) is 2.13. The largest absolute Gasteiger partial charge is 0.316 e. The molecule has 1 N–H and O–H groups in total. The summed E-state index contributed by atoms with van der Waals surface area (Å²) < 4.78 is 0. The molecule has 1 rings (SSSR count). The topological polar surface area (TPSA) is 12.0 Å². The van der Waals surface area contributed by atoms with E-state index in [9.17, 15) is 0 Å². The van der Waals surface area contributed by atoms with Crippen LogP contribution in [0.3, 0.4) is 0 Å². The van der Waals surface area contributed by atoms with E-state index in [4.69, 9.17) is 0 Å². The molecule has 0 spiro atoms. The molecular weight excluding hydrogens is 194 g/mol. The SMILES string of the molecule is CCC(=Cc1c(C)cc(C)cc1C)CNC. The van der Waals surface area contributed by atoms with Crippen LogP contribution in [0, 0.1) is 20.8 Å². The molecule has 0 unspecified atom stereocenters. The average molecular weight is 217 g/mol. The van der Waals surface area contributed by atoms with Crippen molar-refractivity contribution in [2.45, 2.75) is 34.1 Å². The maximum absolute atomic E-state index is 3.22. The summed E-state index contributed by atoms with van der Waals surface area (Å²) in [4.78, 5) is 0. The second kappa shape index (κ2) is 5.86. The molecule has 0 saturated heterocycles. The molecule has 88 valence electrons. The average Bonchev–Trinajstić information content (AvgIpc) is 2.21. The van der Waals surface area contributed by atoms with Gasteiger partial charge in [-0.25, -0.2) is 0 Å². The minimum Gasteiger partial charge on any atom is -0.316 e. The molecule has 16 heavy (non-hydrogen) atoms. The fourth-order valence-corrected chi connectivity index (χ4v) is 2.13. The highest BCUT2D eigenvalue weighted by atomic mass is 14.8. The van der Waals surface area contributed by atoms with E-state index in [1.807, 2.05) is 7.05 Å². The lowest BCUT2D eigenvalue weighted by Crippen LogP contribution is -2.10. The third kappa shape index (κ3) is 3.21. The first-order valence-electron chi connectivity index (χ1n) is 6.00. The van der Waals surface area contributed by atoms with Crippen LogP contribution in [0.1, 0.15) is 35.6 Å². The second-order valence-electron chi connectivity index (χ2n) is 4.50. The highest BCUT2D eigenvalue weighted by Gasteiger charge is 2.02. The van der Waals surface area contributed by atoms with Gasteiger partial charge in [-0.3, -0.25) is 0 Å². The molecule has 0 atom stereocenters. The Balaban J connectivity index is 3.12. The molecule has 1 heteroatoms. The number of hydrogen-bond donors (Lipinski definition) is 1. The number of benzene rings is 1. The molecule has 0 fully saturated rings. The maximum atomic E-state index is 3.22. The summed E-state index contributed by atoms with van der Waals surface area (Å²) >= 11 is 0.